The molecule has 3 heterocycles. The van der Waals surface area contributed by atoms with Gasteiger partial charge in [-0.15, -0.1) is 11.3 Å². The Morgan fingerprint density at radius 3 is 2.70 bits per heavy atom. The lowest BCUT2D eigenvalue weighted by molar-refractivity contribution is -0.0543. The minimum Gasteiger partial charge on any atom is -0.348 e. The Hall–Kier alpha value is -2.55. The Bertz CT molecular complexity index is 1040. The summed E-state index contributed by atoms with van der Waals surface area (Å²) < 4.78 is 12.2. The minimum atomic E-state index is -0.456. The summed E-state index contributed by atoms with van der Waals surface area (Å²) in [7, 11) is 1.62. The molecule has 1 fully saturated rings. The van der Waals surface area contributed by atoms with Crippen molar-refractivity contribution in [2.24, 2.45) is 0 Å². The van der Waals surface area contributed by atoms with E-state index in [1.807, 2.05) is 36.6 Å². The zero-order valence-electron chi connectivity index (χ0n) is 15.0. The fourth-order valence-electron chi connectivity index (χ4n) is 2.99. The number of rotatable bonds is 4. The first-order chi connectivity index (χ1) is 13.0. The van der Waals surface area contributed by atoms with Gasteiger partial charge in [0.1, 0.15) is 5.56 Å². The van der Waals surface area contributed by atoms with Gasteiger partial charge in [-0.25, -0.2) is 4.98 Å². The molecule has 0 spiro atoms. The van der Waals surface area contributed by atoms with Gasteiger partial charge < -0.3 is 14.4 Å². The molecule has 8 heteroatoms. The van der Waals surface area contributed by atoms with Crippen molar-refractivity contribution in [2.75, 3.05) is 26.8 Å². The van der Waals surface area contributed by atoms with Crippen LogP contribution in [0, 0.1) is 6.92 Å². The van der Waals surface area contributed by atoms with Crippen LogP contribution in [-0.4, -0.2) is 53.3 Å². The Kier molecular flexibility index (Phi) is 4.77. The molecule has 1 aromatic carbocycles. The molecule has 1 amide bonds. The molecule has 0 unspecified atom stereocenters. The molecule has 3 aromatic rings. The fraction of sp³-hybridized carbons (Fsp3) is 0.316. The van der Waals surface area contributed by atoms with Gasteiger partial charge in [0.05, 0.1) is 25.5 Å². The van der Waals surface area contributed by atoms with E-state index in [4.69, 9.17) is 9.47 Å². The van der Waals surface area contributed by atoms with E-state index in [0.717, 1.165) is 16.8 Å². The monoisotopic (exact) mass is 385 g/mol. The van der Waals surface area contributed by atoms with Crippen LogP contribution in [0.1, 0.15) is 15.9 Å². The molecule has 140 valence electrons. The van der Waals surface area contributed by atoms with E-state index in [9.17, 15) is 9.59 Å². The zero-order chi connectivity index (χ0) is 19.0. The number of amides is 1. The van der Waals surface area contributed by atoms with E-state index in [-0.39, 0.29) is 17.7 Å². The van der Waals surface area contributed by atoms with Gasteiger partial charge >= 0.3 is 0 Å². The van der Waals surface area contributed by atoms with Gasteiger partial charge in [-0.2, -0.15) is 0 Å². The number of nitrogens with zero attached hydrogens (tertiary/aromatic N) is 3. The van der Waals surface area contributed by atoms with Crippen LogP contribution in [0.15, 0.2) is 40.6 Å². The maximum atomic E-state index is 13.1. The highest BCUT2D eigenvalue weighted by Gasteiger charge is 2.24. The van der Waals surface area contributed by atoms with Crippen molar-refractivity contribution in [1.82, 2.24) is 14.3 Å². The van der Waals surface area contributed by atoms with E-state index < -0.39 is 12.2 Å². The molecule has 0 bridgehead atoms. The molecule has 27 heavy (non-hydrogen) atoms. The van der Waals surface area contributed by atoms with Crippen molar-refractivity contribution in [3.63, 3.8) is 0 Å². The minimum absolute atomic E-state index is 0.0276. The number of likely N-dealkylation sites (N-methyl/N-ethyl adjacent to an activating group) is 1. The number of ether oxygens (including phenoxy) is 2. The molecule has 0 radical (unpaired) electrons. The lowest BCUT2D eigenvalue weighted by Crippen LogP contribution is -2.38. The summed E-state index contributed by atoms with van der Waals surface area (Å²) >= 11 is 1.37. The molecular weight excluding hydrogens is 366 g/mol. The standard InChI is InChI=1S/C19H19N3O4S/c1-12-3-5-13(6-4-12)15-11-27-19-20-9-14(18(24)22(15)19)17(23)21(2)10-16-25-7-8-26-16/h3-6,9,11,16H,7-8,10H2,1-2H3. The normalized spacial score (nSPS) is 14.7. The van der Waals surface area contributed by atoms with E-state index in [2.05, 4.69) is 4.98 Å². The first-order valence-electron chi connectivity index (χ1n) is 8.59. The maximum Gasteiger partial charge on any atom is 0.271 e. The molecule has 4 rings (SSSR count). The molecule has 1 saturated heterocycles. The Morgan fingerprint density at radius 1 is 1.30 bits per heavy atom. The number of carbonyl (C=O) groups excluding carboxylic acids is 1. The van der Waals surface area contributed by atoms with Crippen LogP contribution in [0.2, 0.25) is 0 Å². The smallest absolute Gasteiger partial charge is 0.271 e. The van der Waals surface area contributed by atoms with Crippen LogP contribution in [0.5, 0.6) is 0 Å². The summed E-state index contributed by atoms with van der Waals surface area (Å²) in [6.45, 7) is 3.29. The van der Waals surface area contributed by atoms with Crippen LogP contribution in [-0.2, 0) is 9.47 Å². The summed E-state index contributed by atoms with van der Waals surface area (Å²) in [6, 6.07) is 7.89. The number of aromatic nitrogens is 2. The predicted octanol–water partition coefficient (Wildman–Crippen LogP) is 2.18. The average Bonchev–Trinajstić information content (AvgIpc) is 3.32. The van der Waals surface area contributed by atoms with E-state index >= 15 is 0 Å². The van der Waals surface area contributed by atoms with E-state index in [1.54, 1.807) is 7.05 Å². The van der Waals surface area contributed by atoms with E-state index in [1.165, 1.54) is 26.8 Å². The topological polar surface area (TPSA) is 73.1 Å². The van der Waals surface area contributed by atoms with Crippen LogP contribution >= 0.6 is 11.3 Å². The Morgan fingerprint density at radius 2 is 2.00 bits per heavy atom. The summed E-state index contributed by atoms with van der Waals surface area (Å²) in [5.41, 5.74) is 2.42. The van der Waals surface area contributed by atoms with Crippen LogP contribution in [0.3, 0.4) is 0 Å². The van der Waals surface area contributed by atoms with Gasteiger partial charge in [-0.1, -0.05) is 29.8 Å². The summed E-state index contributed by atoms with van der Waals surface area (Å²) in [4.78, 5) is 32.1. The number of aryl methyl sites for hydroxylation is 1. The maximum absolute atomic E-state index is 13.1. The summed E-state index contributed by atoms with van der Waals surface area (Å²) in [5.74, 6) is -0.401. The molecule has 2 aromatic heterocycles. The van der Waals surface area contributed by atoms with E-state index in [0.29, 0.717) is 18.2 Å². The third-order valence-corrected chi connectivity index (χ3v) is 5.32. The molecule has 1 aliphatic heterocycles. The van der Waals surface area contributed by atoms with Crippen molar-refractivity contribution in [1.29, 1.82) is 0 Å². The lowest BCUT2D eigenvalue weighted by atomic mass is 10.1. The molecule has 0 aliphatic carbocycles. The van der Waals surface area contributed by atoms with Crippen molar-refractivity contribution in [2.45, 2.75) is 13.2 Å². The quantitative estimate of drug-likeness (QED) is 0.688. The van der Waals surface area contributed by atoms with Gasteiger partial charge in [0, 0.05) is 18.6 Å². The van der Waals surface area contributed by atoms with Gasteiger partial charge in [0.15, 0.2) is 11.3 Å². The van der Waals surface area contributed by atoms with Gasteiger partial charge in [0.25, 0.3) is 11.5 Å². The zero-order valence-corrected chi connectivity index (χ0v) is 15.9. The van der Waals surface area contributed by atoms with Crippen LogP contribution < -0.4 is 5.56 Å². The average molecular weight is 385 g/mol. The second-order valence-corrected chi connectivity index (χ2v) is 7.28. The third kappa shape index (κ3) is 3.39. The van der Waals surface area contributed by atoms with Crippen LogP contribution in [0.4, 0.5) is 0 Å². The predicted molar refractivity (Wildman–Crippen MR) is 102 cm³/mol. The summed E-state index contributed by atoms with van der Waals surface area (Å²) in [5, 5.41) is 1.88. The fourth-order valence-corrected chi connectivity index (χ4v) is 3.85. The molecule has 0 saturated carbocycles. The SMILES string of the molecule is Cc1ccc(-c2csc3ncc(C(=O)N(C)CC4OCCO4)c(=O)n23)cc1. The summed E-state index contributed by atoms with van der Waals surface area (Å²) in [6.07, 6.45) is 0.894. The van der Waals surface area contributed by atoms with Crippen molar-refractivity contribution in [3.8, 4) is 11.3 Å². The molecule has 1 aliphatic rings. The molecular formula is C19H19N3O4S. The molecule has 0 atom stereocenters. The van der Waals surface area contributed by atoms with Crippen molar-refractivity contribution >= 4 is 22.2 Å². The number of thiazole rings is 1. The van der Waals surface area contributed by atoms with Gasteiger partial charge in [0.2, 0.25) is 0 Å². The van der Waals surface area contributed by atoms with Gasteiger partial charge in [-0.3, -0.25) is 14.0 Å². The van der Waals surface area contributed by atoms with Gasteiger partial charge in [-0.05, 0) is 12.5 Å². The number of benzene rings is 1. The van der Waals surface area contributed by atoms with Crippen LogP contribution in [0.25, 0.3) is 16.2 Å². The number of hydrogen-bond acceptors (Lipinski definition) is 6. The second kappa shape index (κ2) is 7.22. The van der Waals surface area contributed by atoms with Crippen molar-refractivity contribution < 1.29 is 14.3 Å². The Labute approximate surface area is 159 Å². The highest BCUT2D eigenvalue weighted by atomic mass is 32.1. The first kappa shape index (κ1) is 17.8. The Balaban J connectivity index is 1.71. The number of carbonyl (C=O) groups is 1. The largest absolute Gasteiger partial charge is 0.348 e. The number of hydrogen-bond donors (Lipinski definition) is 0. The highest BCUT2D eigenvalue weighted by molar-refractivity contribution is 7.15. The first-order valence-corrected chi connectivity index (χ1v) is 9.47. The lowest BCUT2D eigenvalue weighted by Gasteiger charge is -2.19. The highest BCUT2D eigenvalue weighted by Crippen LogP contribution is 2.24. The third-order valence-electron chi connectivity index (χ3n) is 4.48. The molecule has 7 nitrogen and oxygen atoms in total. The second-order valence-electron chi connectivity index (χ2n) is 6.44. The number of fused-ring (bicyclic) bond motifs is 1. The molecule has 0 N–H and O–H groups in total. The van der Waals surface area contributed by atoms with Crippen molar-refractivity contribution in [3.05, 3.63) is 57.3 Å².